The summed E-state index contributed by atoms with van der Waals surface area (Å²) < 4.78 is 25.2. The van der Waals surface area contributed by atoms with E-state index in [2.05, 4.69) is 21.2 Å². The van der Waals surface area contributed by atoms with Crippen LogP contribution in [0.25, 0.3) is 0 Å². The van der Waals surface area contributed by atoms with Crippen molar-refractivity contribution in [1.29, 1.82) is 0 Å². The molecule has 0 bridgehead atoms. The van der Waals surface area contributed by atoms with E-state index in [0.29, 0.717) is 25.3 Å². The summed E-state index contributed by atoms with van der Waals surface area (Å²) in [5, 5.41) is 2.77. The fourth-order valence-electron chi connectivity index (χ4n) is 1.94. The molecule has 128 valence electrons. The van der Waals surface area contributed by atoms with E-state index in [0.717, 1.165) is 4.47 Å². The third-order valence-electron chi connectivity index (χ3n) is 3.21. The zero-order chi connectivity index (χ0) is 17.4. The van der Waals surface area contributed by atoms with Crippen LogP contribution >= 0.6 is 15.9 Å². The highest BCUT2D eigenvalue weighted by atomic mass is 79.9. The molecule has 1 atom stereocenters. The fourth-order valence-corrected chi connectivity index (χ4v) is 2.21. The first-order chi connectivity index (χ1) is 11.6. The molecule has 1 amide bonds. The number of nitrogens with one attached hydrogen (secondary N) is 1. The number of ether oxygens (including phenoxy) is 2. The molecule has 1 N–H and O–H groups in total. The Hall–Kier alpha value is -2.08. The van der Waals surface area contributed by atoms with Crippen molar-refractivity contribution in [3.63, 3.8) is 0 Å². The van der Waals surface area contributed by atoms with Gasteiger partial charge in [0.15, 0.2) is 17.7 Å². The monoisotopic (exact) mass is 395 g/mol. The van der Waals surface area contributed by atoms with Crippen molar-refractivity contribution < 1.29 is 18.7 Å². The van der Waals surface area contributed by atoms with Crippen LogP contribution in [0, 0.1) is 5.82 Å². The van der Waals surface area contributed by atoms with Crippen molar-refractivity contribution in [3.05, 3.63) is 58.8 Å². The second-order valence-electron chi connectivity index (χ2n) is 5.14. The normalized spacial score (nSPS) is 11.6. The van der Waals surface area contributed by atoms with Gasteiger partial charge >= 0.3 is 0 Å². The first-order valence-electron chi connectivity index (χ1n) is 7.63. The molecule has 0 spiro atoms. The number of para-hydroxylation sites is 1. The summed E-state index contributed by atoms with van der Waals surface area (Å²) in [5.74, 6) is 0.251. The summed E-state index contributed by atoms with van der Waals surface area (Å²) >= 11 is 3.34. The Morgan fingerprint density at radius 2 is 1.92 bits per heavy atom. The van der Waals surface area contributed by atoms with Gasteiger partial charge in [-0.1, -0.05) is 28.1 Å². The number of benzene rings is 2. The molecule has 0 saturated carbocycles. The van der Waals surface area contributed by atoms with E-state index in [1.54, 1.807) is 37.3 Å². The van der Waals surface area contributed by atoms with Gasteiger partial charge in [0.1, 0.15) is 5.75 Å². The van der Waals surface area contributed by atoms with Gasteiger partial charge in [0.2, 0.25) is 0 Å². The Balaban J connectivity index is 1.65. The molecular formula is C18H19BrFNO3. The van der Waals surface area contributed by atoms with Gasteiger partial charge in [-0.2, -0.15) is 0 Å². The molecule has 2 aromatic carbocycles. The maximum atomic E-state index is 13.4. The van der Waals surface area contributed by atoms with Crippen LogP contribution < -0.4 is 14.8 Å². The lowest BCUT2D eigenvalue weighted by Gasteiger charge is -2.15. The molecule has 0 fully saturated rings. The predicted molar refractivity (Wildman–Crippen MR) is 93.8 cm³/mol. The second-order valence-corrected chi connectivity index (χ2v) is 6.05. The molecular weight excluding hydrogens is 377 g/mol. The minimum absolute atomic E-state index is 0.205. The van der Waals surface area contributed by atoms with Crippen molar-refractivity contribution in [2.75, 3.05) is 13.2 Å². The maximum absolute atomic E-state index is 13.4. The molecule has 2 rings (SSSR count). The lowest BCUT2D eigenvalue weighted by Crippen LogP contribution is -2.37. The molecule has 24 heavy (non-hydrogen) atoms. The molecule has 0 aliphatic carbocycles. The SMILES string of the molecule is CC(Oc1ccc(Br)cc1)C(=O)NCCCOc1ccccc1F. The van der Waals surface area contributed by atoms with E-state index in [4.69, 9.17) is 9.47 Å². The number of rotatable bonds is 8. The number of carbonyl (C=O) groups is 1. The number of amides is 1. The van der Waals surface area contributed by atoms with Crippen molar-refractivity contribution in [1.82, 2.24) is 5.32 Å². The van der Waals surface area contributed by atoms with Gasteiger partial charge < -0.3 is 14.8 Å². The van der Waals surface area contributed by atoms with Crippen LogP contribution in [0.15, 0.2) is 53.0 Å². The molecule has 0 aliphatic rings. The Kier molecular flexibility index (Phi) is 7.06. The minimum Gasteiger partial charge on any atom is -0.490 e. The van der Waals surface area contributed by atoms with Gasteiger partial charge in [-0.15, -0.1) is 0 Å². The number of carbonyl (C=O) groups excluding carboxylic acids is 1. The van der Waals surface area contributed by atoms with Crippen LogP contribution in [-0.2, 0) is 4.79 Å². The molecule has 0 aliphatic heterocycles. The Morgan fingerprint density at radius 3 is 2.62 bits per heavy atom. The second kappa shape index (κ2) is 9.27. The van der Waals surface area contributed by atoms with Crippen LogP contribution in [0.2, 0.25) is 0 Å². The fraction of sp³-hybridized carbons (Fsp3) is 0.278. The molecule has 6 heteroatoms. The zero-order valence-electron chi connectivity index (χ0n) is 13.3. The Morgan fingerprint density at radius 1 is 1.21 bits per heavy atom. The van der Waals surface area contributed by atoms with Gasteiger partial charge in [0.25, 0.3) is 5.91 Å². The van der Waals surface area contributed by atoms with Crippen LogP contribution in [-0.4, -0.2) is 25.2 Å². The van der Waals surface area contributed by atoms with E-state index < -0.39 is 11.9 Å². The molecule has 0 aromatic heterocycles. The molecule has 1 unspecified atom stereocenters. The first kappa shape index (κ1) is 18.3. The lowest BCUT2D eigenvalue weighted by molar-refractivity contribution is -0.127. The smallest absolute Gasteiger partial charge is 0.260 e. The highest BCUT2D eigenvalue weighted by Crippen LogP contribution is 2.17. The topological polar surface area (TPSA) is 47.6 Å². The summed E-state index contributed by atoms with van der Waals surface area (Å²) in [6.45, 7) is 2.44. The molecule has 0 heterocycles. The van der Waals surface area contributed by atoms with Crippen molar-refractivity contribution in [2.24, 2.45) is 0 Å². The van der Waals surface area contributed by atoms with E-state index in [1.807, 2.05) is 12.1 Å². The van der Waals surface area contributed by atoms with E-state index in [-0.39, 0.29) is 11.7 Å². The summed E-state index contributed by atoms with van der Waals surface area (Å²) in [7, 11) is 0. The quantitative estimate of drug-likeness (QED) is 0.688. The van der Waals surface area contributed by atoms with Crippen molar-refractivity contribution in [3.8, 4) is 11.5 Å². The largest absolute Gasteiger partial charge is 0.490 e. The average molecular weight is 396 g/mol. The minimum atomic E-state index is -0.598. The van der Waals surface area contributed by atoms with Gasteiger partial charge in [-0.05, 0) is 49.7 Å². The van der Waals surface area contributed by atoms with Gasteiger partial charge in [0.05, 0.1) is 6.61 Å². The van der Waals surface area contributed by atoms with Crippen molar-refractivity contribution >= 4 is 21.8 Å². The lowest BCUT2D eigenvalue weighted by atomic mass is 10.3. The number of hydrogen-bond donors (Lipinski definition) is 1. The van der Waals surface area contributed by atoms with Crippen LogP contribution in [0.4, 0.5) is 4.39 Å². The average Bonchev–Trinajstić information content (AvgIpc) is 2.58. The summed E-state index contributed by atoms with van der Waals surface area (Å²) in [6.07, 6.45) is -0.0240. The van der Waals surface area contributed by atoms with Gasteiger partial charge in [0, 0.05) is 11.0 Å². The van der Waals surface area contributed by atoms with Crippen LogP contribution in [0.5, 0.6) is 11.5 Å². The number of hydrogen-bond acceptors (Lipinski definition) is 3. The highest BCUT2D eigenvalue weighted by molar-refractivity contribution is 9.10. The van der Waals surface area contributed by atoms with E-state index in [9.17, 15) is 9.18 Å². The van der Waals surface area contributed by atoms with E-state index >= 15 is 0 Å². The predicted octanol–water partition coefficient (Wildman–Crippen LogP) is 3.94. The first-order valence-corrected chi connectivity index (χ1v) is 8.43. The highest BCUT2D eigenvalue weighted by Gasteiger charge is 2.13. The molecule has 0 radical (unpaired) electrons. The molecule has 2 aromatic rings. The third-order valence-corrected chi connectivity index (χ3v) is 3.74. The summed E-state index contributed by atoms with van der Waals surface area (Å²) in [4.78, 5) is 12.0. The van der Waals surface area contributed by atoms with E-state index in [1.165, 1.54) is 6.07 Å². The Labute approximate surface area is 149 Å². The summed E-state index contributed by atoms with van der Waals surface area (Å²) in [5.41, 5.74) is 0. The number of halogens is 2. The molecule has 4 nitrogen and oxygen atoms in total. The Bertz CT molecular complexity index is 664. The van der Waals surface area contributed by atoms with Crippen LogP contribution in [0.3, 0.4) is 0 Å². The van der Waals surface area contributed by atoms with Gasteiger partial charge in [-0.3, -0.25) is 4.79 Å². The molecule has 0 saturated heterocycles. The summed E-state index contributed by atoms with van der Waals surface area (Å²) in [6, 6.07) is 13.5. The maximum Gasteiger partial charge on any atom is 0.260 e. The van der Waals surface area contributed by atoms with Crippen LogP contribution in [0.1, 0.15) is 13.3 Å². The standard InChI is InChI=1S/C18H19BrFNO3/c1-13(24-15-9-7-14(19)8-10-15)18(22)21-11-4-12-23-17-6-3-2-5-16(17)20/h2-3,5-10,13H,4,11-12H2,1H3,(H,21,22). The van der Waals surface area contributed by atoms with Crippen molar-refractivity contribution in [2.45, 2.75) is 19.4 Å². The third kappa shape index (κ3) is 5.85. The van der Waals surface area contributed by atoms with Gasteiger partial charge in [-0.25, -0.2) is 4.39 Å². The zero-order valence-corrected chi connectivity index (χ0v) is 14.9.